The van der Waals surface area contributed by atoms with Gasteiger partial charge in [0.1, 0.15) is 0 Å². The third-order valence-corrected chi connectivity index (χ3v) is 5.18. The first-order valence-electron chi connectivity index (χ1n) is 5.84. The molecule has 0 saturated heterocycles. The van der Waals surface area contributed by atoms with Gasteiger partial charge in [0.2, 0.25) is 0 Å². The van der Waals surface area contributed by atoms with Gasteiger partial charge < -0.3 is 4.52 Å². The van der Waals surface area contributed by atoms with Crippen LogP contribution in [0.1, 0.15) is 11.1 Å². The van der Waals surface area contributed by atoms with Crippen molar-refractivity contribution in [3.63, 3.8) is 0 Å². The van der Waals surface area contributed by atoms with Crippen molar-refractivity contribution >= 4 is 8.15 Å². The predicted molar refractivity (Wildman–Crippen MR) is 73.2 cm³/mol. The van der Waals surface area contributed by atoms with Gasteiger partial charge in [0.25, 0.3) is 0 Å². The van der Waals surface area contributed by atoms with Crippen LogP contribution < -0.4 is 0 Å². The van der Waals surface area contributed by atoms with Crippen LogP contribution in [0, 0.1) is 0 Å². The van der Waals surface area contributed by atoms with Gasteiger partial charge in [-0.3, -0.25) is 0 Å². The van der Waals surface area contributed by atoms with E-state index in [9.17, 15) is 0 Å². The second-order valence-electron chi connectivity index (χ2n) is 4.29. The Labute approximate surface area is 103 Å². The van der Waals surface area contributed by atoms with E-state index < -0.39 is 0 Å². The zero-order valence-corrected chi connectivity index (χ0v) is 10.8. The lowest BCUT2D eigenvalue weighted by Gasteiger charge is -2.12. The van der Waals surface area contributed by atoms with Gasteiger partial charge in [0, 0.05) is 27.6 Å². The van der Waals surface area contributed by atoms with Gasteiger partial charge in [-0.2, -0.15) is 0 Å². The summed E-state index contributed by atoms with van der Waals surface area (Å²) in [5.74, 6) is 0. The van der Waals surface area contributed by atoms with Crippen LogP contribution in [0.2, 0.25) is 0 Å². The summed E-state index contributed by atoms with van der Waals surface area (Å²) < 4.78 is 5.65. The van der Waals surface area contributed by atoms with Gasteiger partial charge in [-0.1, -0.05) is 48.5 Å². The van der Waals surface area contributed by atoms with Crippen LogP contribution in [0.4, 0.5) is 0 Å². The number of hydrogen-bond acceptors (Lipinski definition) is 1. The van der Waals surface area contributed by atoms with E-state index >= 15 is 0 Å². The molecule has 2 heteroatoms. The molecule has 0 aromatic heterocycles. The van der Waals surface area contributed by atoms with E-state index in [1.165, 1.54) is 22.3 Å². The Morgan fingerprint density at radius 2 is 1.29 bits per heavy atom. The van der Waals surface area contributed by atoms with Crippen LogP contribution in [0.3, 0.4) is 0 Å². The molecular weight excluding hydrogens is 227 g/mol. The molecule has 1 heterocycles. The molecule has 3 rings (SSSR count). The van der Waals surface area contributed by atoms with Crippen LogP contribution >= 0.6 is 8.15 Å². The Balaban J connectivity index is 2.20. The first-order chi connectivity index (χ1) is 8.38. The highest BCUT2D eigenvalue weighted by molar-refractivity contribution is 7.50. The van der Waals surface area contributed by atoms with Gasteiger partial charge in [-0.25, -0.2) is 0 Å². The van der Waals surface area contributed by atoms with Crippen molar-refractivity contribution in [2.24, 2.45) is 0 Å². The zero-order chi connectivity index (χ0) is 11.7. The Kier molecular flexibility index (Phi) is 2.96. The van der Waals surface area contributed by atoms with E-state index in [1.807, 2.05) is 7.11 Å². The molecule has 1 aliphatic rings. The summed E-state index contributed by atoms with van der Waals surface area (Å²) in [5.41, 5.74) is 5.60. The van der Waals surface area contributed by atoms with E-state index in [4.69, 9.17) is 4.52 Å². The van der Waals surface area contributed by atoms with Crippen LogP contribution in [-0.4, -0.2) is 7.11 Å². The first-order valence-corrected chi connectivity index (χ1v) is 7.47. The summed E-state index contributed by atoms with van der Waals surface area (Å²) in [4.78, 5) is 0. The summed E-state index contributed by atoms with van der Waals surface area (Å²) in [6.07, 6.45) is 2.13. The minimum absolute atomic E-state index is 0.369. The number of rotatable bonds is 1. The standard InChI is InChI=1S/C15H15OP/c1-16-17-10-12-6-2-4-8-14(12)15-9-5-3-7-13(15)11-17/h2-9H,10-11H2,1H3. The van der Waals surface area contributed by atoms with Crippen molar-refractivity contribution in [1.82, 2.24) is 0 Å². The van der Waals surface area contributed by atoms with Gasteiger partial charge in [-0.05, 0) is 22.3 Å². The average molecular weight is 242 g/mol. The number of hydrogen-bond donors (Lipinski definition) is 0. The topological polar surface area (TPSA) is 9.23 Å². The molecule has 0 unspecified atom stereocenters. The highest BCUT2D eigenvalue weighted by Gasteiger charge is 2.19. The predicted octanol–water partition coefficient (Wildman–Crippen LogP) is 4.41. The fraction of sp³-hybridized carbons (Fsp3) is 0.200. The molecule has 0 N–H and O–H groups in total. The smallest absolute Gasteiger partial charge is 0.0398 e. The van der Waals surface area contributed by atoms with E-state index in [0.717, 1.165) is 12.3 Å². The lowest BCUT2D eigenvalue weighted by Crippen LogP contribution is -1.87. The van der Waals surface area contributed by atoms with Gasteiger partial charge in [0.15, 0.2) is 0 Å². The fourth-order valence-electron chi connectivity index (χ4n) is 2.41. The molecule has 0 fully saturated rings. The molecule has 0 atom stereocenters. The third-order valence-electron chi connectivity index (χ3n) is 3.28. The molecular formula is C15H15OP. The van der Waals surface area contributed by atoms with Crippen molar-refractivity contribution in [3.8, 4) is 11.1 Å². The molecule has 0 amide bonds. The van der Waals surface area contributed by atoms with E-state index in [0.29, 0.717) is 0 Å². The molecule has 1 aliphatic heterocycles. The van der Waals surface area contributed by atoms with E-state index in [2.05, 4.69) is 48.5 Å². The normalized spacial score (nSPS) is 14.9. The Morgan fingerprint density at radius 3 is 1.76 bits per heavy atom. The maximum absolute atomic E-state index is 5.65. The maximum atomic E-state index is 5.65. The molecule has 1 nitrogen and oxygen atoms in total. The van der Waals surface area contributed by atoms with Crippen molar-refractivity contribution in [2.45, 2.75) is 12.3 Å². The molecule has 0 aliphatic carbocycles. The molecule has 0 radical (unpaired) electrons. The lowest BCUT2D eigenvalue weighted by molar-refractivity contribution is 0.459. The molecule has 17 heavy (non-hydrogen) atoms. The Morgan fingerprint density at radius 1 is 0.824 bits per heavy atom. The quantitative estimate of drug-likeness (QED) is 0.673. The first kappa shape index (κ1) is 11.0. The molecule has 0 spiro atoms. The molecule has 0 saturated carbocycles. The maximum Gasteiger partial charge on any atom is 0.0398 e. The second-order valence-corrected chi connectivity index (χ2v) is 6.26. The highest BCUT2D eigenvalue weighted by atomic mass is 31.1. The van der Waals surface area contributed by atoms with Crippen molar-refractivity contribution in [1.29, 1.82) is 0 Å². The minimum atomic E-state index is -0.369. The largest absolute Gasteiger partial charge is 0.362 e. The van der Waals surface area contributed by atoms with Gasteiger partial charge in [-0.15, -0.1) is 0 Å². The van der Waals surface area contributed by atoms with Crippen LogP contribution in [0.25, 0.3) is 11.1 Å². The Hall–Kier alpha value is -1.17. The molecule has 2 aromatic carbocycles. The summed E-state index contributed by atoms with van der Waals surface area (Å²) in [6, 6.07) is 17.4. The lowest BCUT2D eigenvalue weighted by atomic mass is 9.97. The summed E-state index contributed by atoms with van der Waals surface area (Å²) in [7, 11) is 1.47. The van der Waals surface area contributed by atoms with Crippen molar-refractivity contribution in [3.05, 3.63) is 59.7 Å². The van der Waals surface area contributed by atoms with Crippen LogP contribution in [0.15, 0.2) is 48.5 Å². The molecule has 0 bridgehead atoms. The Bertz CT molecular complexity index is 488. The summed E-state index contributed by atoms with van der Waals surface area (Å²) >= 11 is 0. The van der Waals surface area contributed by atoms with Crippen molar-refractivity contribution < 1.29 is 4.52 Å². The highest BCUT2D eigenvalue weighted by Crippen LogP contribution is 2.49. The minimum Gasteiger partial charge on any atom is -0.362 e. The monoisotopic (exact) mass is 242 g/mol. The van der Waals surface area contributed by atoms with E-state index in [1.54, 1.807) is 0 Å². The molecule has 86 valence electrons. The number of benzene rings is 2. The summed E-state index contributed by atoms with van der Waals surface area (Å²) in [6.45, 7) is 0. The average Bonchev–Trinajstić information content (AvgIpc) is 2.55. The number of fused-ring (bicyclic) bond motifs is 3. The zero-order valence-electron chi connectivity index (χ0n) is 9.89. The summed E-state index contributed by atoms with van der Waals surface area (Å²) in [5, 5.41) is 0. The van der Waals surface area contributed by atoms with Crippen LogP contribution in [0.5, 0.6) is 0 Å². The fourth-order valence-corrected chi connectivity index (χ4v) is 4.09. The van der Waals surface area contributed by atoms with Gasteiger partial charge in [0.05, 0.1) is 0 Å². The third kappa shape index (κ3) is 2.01. The van der Waals surface area contributed by atoms with Crippen molar-refractivity contribution in [2.75, 3.05) is 7.11 Å². The van der Waals surface area contributed by atoms with E-state index in [-0.39, 0.29) is 8.15 Å². The second kappa shape index (κ2) is 4.60. The van der Waals surface area contributed by atoms with Gasteiger partial charge >= 0.3 is 0 Å². The SMILES string of the molecule is COP1Cc2ccccc2-c2ccccc2C1. The van der Waals surface area contributed by atoms with Crippen LogP contribution in [-0.2, 0) is 16.8 Å². The molecule has 2 aromatic rings.